The van der Waals surface area contributed by atoms with Crippen molar-refractivity contribution in [1.82, 2.24) is 9.78 Å². The Morgan fingerprint density at radius 1 is 1.09 bits per heavy atom. The van der Waals surface area contributed by atoms with Gasteiger partial charge < -0.3 is 11.5 Å². The minimum absolute atomic E-state index is 0.0749. The number of benzene rings is 1. The van der Waals surface area contributed by atoms with E-state index in [-0.39, 0.29) is 42.0 Å². The van der Waals surface area contributed by atoms with Crippen molar-refractivity contribution in [2.75, 3.05) is 5.73 Å². The molecule has 15 heteroatoms. The van der Waals surface area contributed by atoms with E-state index in [0.29, 0.717) is 4.68 Å². The lowest BCUT2D eigenvalue weighted by atomic mass is 9.93. The van der Waals surface area contributed by atoms with Gasteiger partial charge in [-0.15, -0.1) is 0 Å². The molecule has 1 amide bonds. The van der Waals surface area contributed by atoms with Crippen molar-refractivity contribution in [3.8, 4) is 11.8 Å². The lowest BCUT2D eigenvalue weighted by molar-refractivity contribution is -0.348. The molecular weight excluding hydrogens is 494 g/mol. The van der Waals surface area contributed by atoms with Crippen molar-refractivity contribution in [3.63, 3.8) is 0 Å². The molecule has 0 bridgehead atoms. The fraction of sp³-hybridized carbons (Fsp3) is 0.353. The van der Waals surface area contributed by atoms with Gasteiger partial charge in [0.2, 0.25) is 5.91 Å². The first-order chi connectivity index (χ1) is 14.5. The van der Waals surface area contributed by atoms with Crippen molar-refractivity contribution in [2.24, 2.45) is 5.73 Å². The van der Waals surface area contributed by atoms with E-state index >= 15 is 0 Å². The van der Waals surface area contributed by atoms with Crippen molar-refractivity contribution in [3.05, 3.63) is 39.0 Å². The number of alkyl halides is 7. The average molecular weight is 504 g/mol. The van der Waals surface area contributed by atoms with Gasteiger partial charge in [-0.3, -0.25) is 4.79 Å². The number of nitrogens with two attached hydrogens (primary N) is 2. The number of carbonyl (C=O) groups excluding carboxylic acids is 1. The quantitative estimate of drug-likeness (QED) is 0.600. The normalized spacial score (nSPS) is 16.0. The maximum absolute atomic E-state index is 14.4. The van der Waals surface area contributed by atoms with E-state index in [0.717, 1.165) is 0 Å². The topological polar surface area (TPSA) is 111 Å². The Labute approximate surface area is 184 Å². The van der Waals surface area contributed by atoms with Crippen LogP contribution in [0.25, 0.3) is 5.69 Å². The van der Waals surface area contributed by atoms with Crippen LogP contribution < -0.4 is 11.5 Å². The molecule has 0 unspecified atom stereocenters. The fourth-order valence-electron chi connectivity index (χ4n) is 3.35. The number of anilines is 1. The monoisotopic (exact) mass is 503 g/mol. The lowest BCUT2D eigenvalue weighted by Gasteiger charge is -2.30. The van der Waals surface area contributed by atoms with Crippen LogP contribution in [-0.4, -0.2) is 28.0 Å². The molecule has 6 nitrogen and oxygen atoms in total. The van der Waals surface area contributed by atoms with Gasteiger partial charge in [0.15, 0.2) is 5.69 Å². The zero-order valence-corrected chi connectivity index (χ0v) is 16.9. The predicted octanol–water partition coefficient (Wildman–Crippen LogP) is 4.44. The molecule has 3 rings (SSSR count). The molecule has 2 aromatic rings. The van der Waals surface area contributed by atoms with E-state index in [1.165, 1.54) is 0 Å². The molecule has 0 radical (unpaired) electrons. The smallest absolute Gasteiger partial charge is 0.383 e. The summed E-state index contributed by atoms with van der Waals surface area (Å²) in [7, 11) is 0. The summed E-state index contributed by atoms with van der Waals surface area (Å²) < 4.78 is 93.4. The number of nitrogen functional groups attached to an aromatic ring is 1. The Morgan fingerprint density at radius 2 is 1.56 bits per heavy atom. The van der Waals surface area contributed by atoms with Crippen LogP contribution in [0.4, 0.5) is 36.6 Å². The van der Waals surface area contributed by atoms with Crippen LogP contribution in [0.3, 0.4) is 0 Å². The minimum atomic E-state index is -6.38. The molecule has 1 aliphatic carbocycles. The summed E-state index contributed by atoms with van der Waals surface area (Å²) in [6.07, 6.45) is -12.3. The summed E-state index contributed by atoms with van der Waals surface area (Å²) in [5.41, 5.74) is 1.36. The van der Waals surface area contributed by atoms with Crippen molar-refractivity contribution in [2.45, 2.75) is 36.3 Å². The molecule has 0 aliphatic heterocycles. The van der Waals surface area contributed by atoms with E-state index in [1.54, 1.807) is 6.07 Å². The standard InChI is InChI=1S/C17H10Cl2F7N5O/c18-7-3-6(15(20,16(21,22)23)17(24,25)26)4-8(19)11(7)31-12(28)10(9(5-27)30-31)14(1-2-14)13(29)32/h3-4H,1-2,28H2,(H2,29,32). The number of halogens is 9. The Balaban J connectivity index is 2.25. The minimum Gasteiger partial charge on any atom is -0.383 e. The number of carbonyl (C=O) groups is 1. The average Bonchev–Trinajstić information content (AvgIpc) is 3.38. The van der Waals surface area contributed by atoms with Crippen LogP contribution >= 0.6 is 23.2 Å². The molecule has 0 saturated heterocycles. The van der Waals surface area contributed by atoms with Gasteiger partial charge in [0, 0.05) is 11.1 Å². The molecular formula is C17H10Cl2F7N5O. The number of nitriles is 1. The van der Waals surface area contributed by atoms with Gasteiger partial charge in [0.1, 0.15) is 17.6 Å². The molecule has 4 N–H and O–H groups in total. The SMILES string of the molecule is N#Cc1nn(-c2c(Cl)cc(C(F)(C(F)(F)F)C(F)(F)F)cc2Cl)c(N)c1C1(C(N)=O)CC1. The maximum atomic E-state index is 14.4. The van der Waals surface area contributed by atoms with Crippen molar-refractivity contribution in [1.29, 1.82) is 5.26 Å². The number of aromatic nitrogens is 2. The molecule has 1 aliphatic rings. The molecule has 0 spiro atoms. The van der Waals surface area contributed by atoms with E-state index in [1.807, 2.05) is 0 Å². The number of hydrogen-bond donors (Lipinski definition) is 2. The second-order valence-corrected chi connectivity index (χ2v) is 7.84. The van der Waals surface area contributed by atoms with E-state index in [9.17, 15) is 40.8 Å². The molecule has 1 aromatic carbocycles. The Morgan fingerprint density at radius 3 is 1.91 bits per heavy atom. The van der Waals surface area contributed by atoms with Gasteiger partial charge >= 0.3 is 18.0 Å². The summed E-state index contributed by atoms with van der Waals surface area (Å²) in [5.74, 6) is -1.20. The van der Waals surface area contributed by atoms with Crippen molar-refractivity contribution >= 4 is 34.9 Å². The highest BCUT2D eigenvalue weighted by Crippen LogP contribution is 2.55. The van der Waals surface area contributed by atoms with Crippen LogP contribution in [0.15, 0.2) is 12.1 Å². The summed E-state index contributed by atoms with van der Waals surface area (Å²) in [5, 5.41) is 11.4. The molecule has 1 heterocycles. The van der Waals surface area contributed by atoms with Gasteiger partial charge in [-0.1, -0.05) is 23.2 Å². The van der Waals surface area contributed by atoms with Crippen LogP contribution in [0, 0.1) is 11.3 Å². The van der Waals surface area contributed by atoms with Gasteiger partial charge in [-0.25, -0.2) is 9.07 Å². The third-order valence-electron chi connectivity index (χ3n) is 5.13. The van der Waals surface area contributed by atoms with Crippen LogP contribution in [-0.2, 0) is 15.9 Å². The second-order valence-electron chi connectivity index (χ2n) is 7.02. The largest absolute Gasteiger partial charge is 0.435 e. The zero-order valence-electron chi connectivity index (χ0n) is 15.4. The number of rotatable bonds is 4. The number of primary amides is 1. The molecule has 1 aromatic heterocycles. The highest BCUT2D eigenvalue weighted by atomic mass is 35.5. The summed E-state index contributed by atoms with van der Waals surface area (Å²) in [6, 6.07) is 1.84. The number of hydrogen-bond acceptors (Lipinski definition) is 4. The van der Waals surface area contributed by atoms with Gasteiger partial charge in [0.05, 0.1) is 15.5 Å². The molecule has 0 atom stereocenters. The Hall–Kier alpha value is -2.72. The third kappa shape index (κ3) is 3.24. The first-order valence-corrected chi connectivity index (χ1v) is 9.19. The first kappa shape index (κ1) is 23.9. The maximum Gasteiger partial charge on any atom is 0.435 e. The fourth-order valence-corrected chi connectivity index (χ4v) is 4.00. The molecule has 172 valence electrons. The van der Waals surface area contributed by atoms with E-state index in [4.69, 9.17) is 34.7 Å². The van der Waals surface area contributed by atoms with Gasteiger partial charge in [0.25, 0.3) is 0 Å². The van der Waals surface area contributed by atoms with Crippen LogP contribution in [0.2, 0.25) is 10.0 Å². The van der Waals surface area contributed by atoms with E-state index in [2.05, 4.69) is 5.10 Å². The van der Waals surface area contributed by atoms with Crippen LogP contribution in [0.1, 0.15) is 29.7 Å². The number of nitrogens with zero attached hydrogens (tertiary/aromatic N) is 3. The van der Waals surface area contributed by atoms with Gasteiger partial charge in [-0.05, 0) is 25.0 Å². The number of amides is 1. The molecule has 1 saturated carbocycles. The highest BCUT2D eigenvalue weighted by Gasteiger charge is 2.73. The Bertz CT molecular complexity index is 1120. The van der Waals surface area contributed by atoms with Crippen LogP contribution in [0.5, 0.6) is 0 Å². The third-order valence-corrected chi connectivity index (χ3v) is 5.71. The highest BCUT2D eigenvalue weighted by molar-refractivity contribution is 6.38. The summed E-state index contributed by atoms with van der Waals surface area (Å²) >= 11 is 11.7. The Kier molecular flexibility index (Phi) is 5.34. The zero-order chi connectivity index (χ0) is 24.4. The first-order valence-electron chi connectivity index (χ1n) is 8.44. The van der Waals surface area contributed by atoms with Crippen molar-refractivity contribution < 1.29 is 35.5 Å². The van der Waals surface area contributed by atoms with Gasteiger partial charge in [-0.2, -0.15) is 36.7 Å². The summed E-state index contributed by atoms with van der Waals surface area (Å²) in [4.78, 5) is 11.8. The second kappa shape index (κ2) is 7.14. The molecule has 32 heavy (non-hydrogen) atoms. The predicted molar refractivity (Wildman–Crippen MR) is 97.7 cm³/mol. The lowest BCUT2D eigenvalue weighted by Crippen LogP contribution is -2.50. The summed E-state index contributed by atoms with van der Waals surface area (Å²) in [6.45, 7) is 0. The van der Waals surface area contributed by atoms with E-state index < -0.39 is 50.6 Å². The molecule has 1 fully saturated rings.